The Hall–Kier alpha value is -2.61. The Labute approximate surface area is 148 Å². The van der Waals surface area contributed by atoms with Crippen LogP contribution < -0.4 is 10.6 Å². The lowest BCUT2D eigenvalue weighted by Gasteiger charge is -2.22. The van der Waals surface area contributed by atoms with Crippen LogP contribution in [0.1, 0.15) is 18.7 Å². The number of rotatable bonds is 4. The normalized spacial score (nSPS) is 17.8. The SMILES string of the molecule is CN(CCc1nc2ccc(Cl)cc2[nH]1)C(=O)[C@@H]1CCC(=O)NC(=O)N1. The summed E-state index contributed by atoms with van der Waals surface area (Å²) in [6.07, 6.45) is 0.948. The van der Waals surface area contributed by atoms with E-state index >= 15 is 0 Å². The Morgan fingerprint density at radius 3 is 3.00 bits per heavy atom. The number of aromatic amines is 1. The van der Waals surface area contributed by atoms with Gasteiger partial charge in [0.05, 0.1) is 11.0 Å². The molecule has 1 fully saturated rings. The molecule has 0 saturated carbocycles. The van der Waals surface area contributed by atoms with Crippen molar-refractivity contribution >= 4 is 40.5 Å². The summed E-state index contributed by atoms with van der Waals surface area (Å²) < 4.78 is 0. The standard InChI is InChI=1S/C16H18ClN5O3/c1-22(15(24)11-4-5-14(23)21-16(25)20-11)7-6-13-18-10-3-2-9(17)8-12(10)19-13/h2-3,8,11H,4-7H2,1H3,(H,18,19)(H2,20,21,23,25)/t11-/m0/s1. The van der Waals surface area contributed by atoms with Crippen molar-refractivity contribution in [3.8, 4) is 0 Å². The number of hydrogen-bond acceptors (Lipinski definition) is 4. The molecule has 3 N–H and O–H groups in total. The summed E-state index contributed by atoms with van der Waals surface area (Å²) in [6, 6.07) is 4.06. The van der Waals surface area contributed by atoms with Crippen LogP contribution in [-0.2, 0) is 16.0 Å². The van der Waals surface area contributed by atoms with E-state index in [0.29, 0.717) is 18.0 Å². The minimum atomic E-state index is -0.703. The van der Waals surface area contributed by atoms with E-state index in [4.69, 9.17) is 11.6 Å². The third-order valence-corrected chi connectivity index (χ3v) is 4.30. The number of amides is 4. The molecule has 8 nitrogen and oxygen atoms in total. The van der Waals surface area contributed by atoms with Crippen LogP contribution in [0.5, 0.6) is 0 Å². The maximum absolute atomic E-state index is 12.5. The highest BCUT2D eigenvalue weighted by Crippen LogP contribution is 2.17. The summed E-state index contributed by atoms with van der Waals surface area (Å²) in [7, 11) is 1.66. The summed E-state index contributed by atoms with van der Waals surface area (Å²) in [5, 5.41) is 5.30. The smallest absolute Gasteiger partial charge is 0.322 e. The van der Waals surface area contributed by atoms with Crippen LogP contribution in [0.4, 0.5) is 4.79 Å². The zero-order chi connectivity index (χ0) is 18.0. The largest absolute Gasteiger partial charge is 0.344 e. The minimum absolute atomic E-state index is 0.132. The summed E-state index contributed by atoms with van der Waals surface area (Å²) >= 11 is 5.95. The molecule has 2 aromatic rings. The van der Waals surface area contributed by atoms with Crippen molar-refractivity contribution in [1.82, 2.24) is 25.5 Å². The van der Waals surface area contributed by atoms with Crippen LogP contribution >= 0.6 is 11.6 Å². The van der Waals surface area contributed by atoms with Gasteiger partial charge in [-0.15, -0.1) is 0 Å². The first-order valence-electron chi connectivity index (χ1n) is 7.92. The maximum atomic E-state index is 12.5. The van der Waals surface area contributed by atoms with E-state index in [9.17, 15) is 14.4 Å². The van der Waals surface area contributed by atoms with E-state index in [1.807, 2.05) is 6.07 Å². The molecule has 0 spiro atoms. The van der Waals surface area contributed by atoms with Gasteiger partial charge in [-0.05, 0) is 24.6 Å². The number of imide groups is 1. The number of nitrogens with zero attached hydrogens (tertiary/aromatic N) is 2. The highest BCUT2D eigenvalue weighted by molar-refractivity contribution is 6.31. The van der Waals surface area contributed by atoms with E-state index in [-0.39, 0.29) is 24.7 Å². The monoisotopic (exact) mass is 363 g/mol. The molecular formula is C16H18ClN5O3. The Morgan fingerprint density at radius 1 is 1.40 bits per heavy atom. The molecule has 4 amide bonds. The molecule has 1 aliphatic heterocycles. The number of nitrogens with one attached hydrogen (secondary N) is 3. The van der Waals surface area contributed by atoms with Gasteiger partial charge in [0.1, 0.15) is 11.9 Å². The Bertz CT molecular complexity index is 834. The average Bonchev–Trinajstić information content (AvgIpc) is 2.88. The highest BCUT2D eigenvalue weighted by atomic mass is 35.5. The number of fused-ring (bicyclic) bond motifs is 1. The number of likely N-dealkylation sites (N-methyl/N-ethyl adjacent to an activating group) is 1. The van der Waals surface area contributed by atoms with E-state index in [1.165, 1.54) is 4.90 Å². The van der Waals surface area contributed by atoms with Crippen molar-refractivity contribution in [2.45, 2.75) is 25.3 Å². The van der Waals surface area contributed by atoms with E-state index in [0.717, 1.165) is 16.9 Å². The van der Waals surface area contributed by atoms with Crippen LogP contribution in [0.2, 0.25) is 5.02 Å². The van der Waals surface area contributed by atoms with Gasteiger partial charge in [-0.1, -0.05) is 11.6 Å². The van der Waals surface area contributed by atoms with Gasteiger partial charge in [-0.25, -0.2) is 9.78 Å². The number of imidazole rings is 1. The van der Waals surface area contributed by atoms with Gasteiger partial charge in [-0.2, -0.15) is 0 Å². The molecule has 1 aliphatic rings. The lowest BCUT2D eigenvalue weighted by molar-refractivity contribution is -0.132. The van der Waals surface area contributed by atoms with Crippen molar-refractivity contribution in [3.63, 3.8) is 0 Å². The van der Waals surface area contributed by atoms with Gasteiger partial charge in [0.2, 0.25) is 11.8 Å². The second-order valence-electron chi connectivity index (χ2n) is 5.97. The lowest BCUT2D eigenvalue weighted by Crippen LogP contribution is -2.49. The Kier molecular flexibility index (Phi) is 4.89. The van der Waals surface area contributed by atoms with Crippen molar-refractivity contribution < 1.29 is 14.4 Å². The molecule has 1 atom stereocenters. The predicted molar refractivity (Wildman–Crippen MR) is 92.1 cm³/mol. The van der Waals surface area contributed by atoms with E-state index < -0.39 is 12.1 Å². The number of urea groups is 1. The molecule has 132 valence electrons. The Morgan fingerprint density at radius 2 is 2.20 bits per heavy atom. The van der Waals surface area contributed by atoms with Gasteiger partial charge >= 0.3 is 6.03 Å². The molecule has 1 aromatic heterocycles. The molecule has 25 heavy (non-hydrogen) atoms. The van der Waals surface area contributed by atoms with Gasteiger partial charge < -0.3 is 15.2 Å². The van der Waals surface area contributed by atoms with Gasteiger partial charge in [0, 0.05) is 31.5 Å². The van der Waals surface area contributed by atoms with Crippen molar-refractivity contribution in [2.24, 2.45) is 0 Å². The molecule has 2 heterocycles. The van der Waals surface area contributed by atoms with Gasteiger partial charge in [0.15, 0.2) is 0 Å². The topological polar surface area (TPSA) is 107 Å². The fourth-order valence-corrected chi connectivity index (χ4v) is 2.89. The highest BCUT2D eigenvalue weighted by Gasteiger charge is 2.28. The van der Waals surface area contributed by atoms with Crippen LogP contribution in [-0.4, -0.2) is 52.3 Å². The first kappa shape index (κ1) is 17.2. The first-order valence-corrected chi connectivity index (χ1v) is 8.29. The summed E-state index contributed by atoms with van der Waals surface area (Å²) in [4.78, 5) is 44.5. The van der Waals surface area contributed by atoms with E-state index in [2.05, 4.69) is 20.6 Å². The van der Waals surface area contributed by atoms with Crippen molar-refractivity contribution in [2.75, 3.05) is 13.6 Å². The summed E-state index contributed by atoms with van der Waals surface area (Å²) in [5.41, 5.74) is 1.66. The Balaban J connectivity index is 1.60. The van der Waals surface area contributed by atoms with Crippen LogP contribution in [0.25, 0.3) is 11.0 Å². The molecule has 0 radical (unpaired) electrons. The molecule has 1 saturated heterocycles. The number of carbonyl (C=O) groups excluding carboxylic acids is 3. The molecule has 9 heteroatoms. The quantitative estimate of drug-likeness (QED) is 0.758. The van der Waals surface area contributed by atoms with Crippen LogP contribution in [0.3, 0.4) is 0 Å². The maximum Gasteiger partial charge on any atom is 0.322 e. The number of hydrogen-bond donors (Lipinski definition) is 3. The molecule has 3 rings (SSSR count). The van der Waals surface area contributed by atoms with Crippen LogP contribution in [0.15, 0.2) is 18.2 Å². The van der Waals surface area contributed by atoms with Crippen molar-refractivity contribution in [1.29, 1.82) is 0 Å². The fourth-order valence-electron chi connectivity index (χ4n) is 2.72. The average molecular weight is 364 g/mol. The number of halogens is 1. The van der Waals surface area contributed by atoms with Crippen molar-refractivity contribution in [3.05, 3.63) is 29.0 Å². The second kappa shape index (κ2) is 7.10. The molecular weight excluding hydrogens is 346 g/mol. The predicted octanol–water partition coefficient (Wildman–Crippen LogP) is 1.21. The zero-order valence-corrected chi connectivity index (χ0v) is 14.4. The third kappa shape index (κ3) is 4.08. The van der Waals surface area contributed by atoms with Crippen LogP contribution in [0, 0.1) is 0 Å². The third-order valence-electron chi connectivity index (χ3n) is 4.07. The lowest BCUT2D eigenvalue weighted by atomic mass is 10.1. The minimum Gasteiger partial charge on any atom is -0.344 e. The summed E-state index contributed by atoms with van der Waals surface area (Å²) in [5.74, 6) is 0.138. The van der Waals surface area contributed by atoms with Gasteiger partial charge in [0.25, 0.3) is 0 Å². The number of aromatic nitrogens is 2. The zero-order valence-electron chi connectivity index (χ0n) is 13.6. The molecule has 1 aromatic carbocycles. The number of benzene rings is 1. The van der Waals surface area contributed by atoms with E-state index in [1.54, 1.807) is 19.2 Å². The van der Waals surface area contributed by atoms with Gasteiger partial charge in [-0.3, -0.25) is 14.9 Å². The number of H-pyrrole nitrogens is 1. The summed E-state index contributed by atoms with van der Waals surface area (Å²) in [6.45, 7) is 0.431. The second-order valence-corrected chi connectivity index (χ2v) is 6.40. The fraction of sp³-hybridized carbons (Fsp3) is 0.375. The molecule has 0 aliphatic carbocycles. The number of carbonyl (C=O) groups is 3. The molecule has 0 bridgehead atoms. The molecule has 0 unspecified atom stereocenters. The first-order chi connectivity index (χ1) is 11.9.